The summed E-state index contributed by atoms with van der Waals surface area (Å²) in [6.45, 7) is 6.67. The summed E-state index contributed by atoms with van der Waals surface area (Å²) in [4.78, 5) is 0. The number of aryl methyl sites for hydroxylation is 1. The zero-order valence-electron chi connectivity index (χ0n) is 17.7. The highest BCUT2D eigenvalue weighted by Gasteiger charge is 2.09. The van der Waals surface area contributed by atoms with Crippen LogP contribution in [0.4, 0.5) is 0 Å². The predicted octanol–water partition coefficient (Wildman–Crippen LogP) is 8.21. The molecule has 2 N–H and O–H groups in total. The molecule has 0 saturated heterocycles. The highest BCUT2D eigenvalue weighted by Crippen LogP contribution is 2.23. The van der Waals surface area contributed by atoms with E-state index in [1.165, 1.54) is 100 Å². The Morgan fingerprint density at radius 2 is 1.19 bits per heavy atom. The molecule has 0 radical (unpaired) electrons. The van der Waals surface area contributed by atoms with Gasteiger partial charge in [0.15, 0.2) is 0 Å². The molecule has 1 rings (SSSR count). The second-order valence-electron chi connectivity index (χ2n) is 7.93. The molecule has 152 valence electrons. The molecule has 1 aromatic carbocycles. The first-order valence-corrected chi connectivity index (χ1v) is 11.0. The number of benzene rings is 1. The summed E-state index contributed by atoms with van der Waals surface area (Å²) in [6.07, 6.45) is 19.4. The fourth-order valence-corrected chi connectivity index (χ4v) is 3.71. The minimum atomic E-state index is 0. The molecule has 0 heterocycles. The molecule has 0 bridgehead atoms. The maximum atomic E-state index is 6.40. The van der Waals surface area contributed by atoms with E-state index in [9.17, 15) is 0 Å². The van der Waals surface area contributed by atoms with Crippen LogP contribution in [0, 0.1) is 13.8 Å². The number of hydrogen-bond acceptors (Lipinski definition) is 1. The van der Waals surface area contributed by atoms with E-state index in [0.717, 1.165) is 6.42 Å². The zero-order chi connectivity index (χ0) is 18.3. The molecule has 0 aliphatic carbocycles. The van der Waals surface area contributed by atoms with Gasteiger partial charge in [0.05, 0.1) is 0 Å². The minimum absolute atomic E-state index is 0. The molecule has 0 fully saturated rings. The lowest BCUT2D eigenvalue weighted by molar-refractivity contribution is 0.522. The average Bonchev–Trinajstić information content (AvgIpc) is 2.61. The second-order valence-corrected chi connectivity index (χ2v) is 7.93. The highest BCUT2D eigenvalue weighted by atomic mass is 35.5. The van der Waals surface area contributed by atoms with E-state index in [1.807, 2.05) is 0 Å². The molecule has 26 heavy (non-hydrogen) atoms. The van der Waals surface area contributed by atoms with Gasteiger partial charge in [-0.1, -0.05) is 109 Å². The lowest BCUT2D eigenvalue weighted by Crippen LogP contribution is -2.12. The number of halogens is 1. The van der Waals surface area contributed by atoms with Gasteiger partial charge in [-0.05, 0) is 37.0 Å². The van der Waals surface area contributed by atoms with E-state index in [1.54, 1.807) is 0 Å². The predicted molar refractivity (Wildman–Crippen MR) is 120 cm³/mol. The van der Waals surface area contributed by atoms with Crippen molar-refractivity contribution in [1.82, 2.24) is 0 Å². The zero-order valence-corrected chi connectivity index (χ0v) is 18.5. The third kappa shape index (κ3) is 11.2. The molecule has 1 unspecified atom stereocenters. The van der Waals surface area contributed by atoms with Crippen molar-refractivity contribution in [2.24, 2.45) is 5.73 Å². The molecular weight excluding hydrogens is 338 g/mol. The van der Waals surface area contributed by atoms with E-state index in [2.05, 4.69) is 39.0 Å². The molecule has 0 amide bonds. The van der Waals surface area contributed by atoms with Crippen molar-refractivity contribution < 1.29 is 0 Å². The summed E-state index contributed by atoms with van der Waals surface area (Å²) in [5.74, 6) is 0. The Labute approximate surface area is 169 Å². The van der Waals surface area contributed by atoms with Crippen molar-refractivity contribution in [3.05, 3.63) is 34.9 Å². The molecule has 2 heteroatoms. The summed E-state index contributed by atoms with van der Waals surface area (Å²) in [6, 6.07) is 6.74. The third-order valence-corrected chi connectivity index (χ3v) is 5.66. The summed E-state index contributed by atoms with van der Waals surface area (Å²) in [5, 5.41) is 0. The Bertz CT molecular complexity index is 444. The fourth-order valence-electron chi connectivity index (χ4n) is 3.71. The molecule has 0 spiro atoms. The van der Waals surface area contributed by atoms with E-state index < -0.39 is 0 Å². The second kappa shape index (κ2) is 16.6. The molecule has 0 aliphatic rings. The molecule has 0 aliphatic heterocycles. The lowest BCUT2D eigenvalue weighted by Gasteiger charge is -2.16. The van der Waals surface area contributed by atoms with Gasteiger partial charge in [0.25, 0.3) is 0 Å². The van der Waals surface area contributed by atoms with Crippen molar-refractivity contribution >= 4 is 12.4 Å². The molecule has 1 aromatic rings. The van der Waals surface area contributed by atoms with Crippen molar-refractivity contribution in [2.75, 3.05) is 0 Å². The first-order valence-electron chi connectivity index (χ1n) is 11.0. The normalized spacial score (nSPS) is 12.0. The average molecular weight is 382 g/mol. The highest BCUT2D eigenvalue weighted by molar-refractivity contribution is 5.85. The largest absolute Gasteiger partial charge is 0.324 e. The van der Waals surface area contributed by atoms with Crippen molar-refractivity contribution in [2.45, 2.75) is 117 Å². The van der Waals surface area contributed by atoms with Crippen LogP contribution in [-0.4, -0.2) is 0 Å². The van der Waals surface area contributed by atoms with Gasteiger partial charge >= 0.3 is 0 Å². The van der Waals surface area contributed by atoms with Gasteiger partial charge in [0.2, 0.25) is 0 Å². The van der Waals surface area contributed by atoms with Crippen LogP contribution < -0.4 is 5.73 Å². The van der Waals surface area contributed by atoms with Crippen LogP contribution >= 0.6 is 12.4 Å². The lowest BCUT2D eigenvalue weighted by atomic mass is 9.94. The van der Waals surface area contributed by atoms with Crippen molar-refractivity contribution in [3.63, 3.8) is 0 Å². The first kappa shape index (κ1) is 25.5. The summed E-state index contributed by atoms with van der Waals surface area (Å²) >= 11 is 0. The molecule has 1 nitrogen and oxygen atoms in total. The van der Waals surface area contributed by atoms with E-state index in [0.29, 0.717) is 0 Å². The molecular formula is C24H44ClN. The maximum absolute atomic E-state index is 6.40. The van der Waals surface area contributed by atoms with Gasteiger partial charge in [0, 0.05) is 6.04 Å². The standard InChI is InChI=1S/C24H43N.ClH/c1-4-5-6-7-8-9-10-11-12-13-14-15-16-20-24(25)23-19-17-18-21(2)22(23)3;/h17-19,24H,4-16,20,25H2,1-3H3;1H. The van der Waals surface area contributed by atoms with Gasteiger partial charge in [-0.25, -0.2) is 0 Å². The van der Waals surface area contributed by atoms with Crippen LogP contribution in [0.25, 0.3) is 0 Å². The Balaban J connectivity index is 0.00000625. The summed E-state index contributed by atoms with van der Waals surface area (Å²) < 4.78 is 0. The quantitative estimate of drug-likeness (QED) is 0.304. The Kier molecular flexibility index (Phi) is 16.3. The van der Waals surface area contributed by atoms with Gasteiger partial charge in [0.1, 0.15) is 0 Å². The van der Waals surface area contributed by atoms with Gasteiger partial charge < -0.3 is 5.73 Å². The van der Waals surface area contributed by atoms with Gasteiger partial charge in [-0.2, -0.15) is 0 Å². The van der Waals surface area contributed by atoms with E-state index in [4.69, 9.17) is 5.73 Å². The van der Waals surface area contributed by atoms with Crippen LogP contribution in [0.1, 0.15) is 120 Å². The van der Waals surface area contributed by atoms with Crippen LogP contribution in [-0.2, 0) is 0 Å². The first-order chi connectivity index (χ1) is 12.2. The number of hydrogen-bond donors (Lipinski definition) is 1. The number of unbranched alkanes of at least 4 members (excludes halogenated alkanes) is 12. The van der Waals surface area contributed by atoms with E-state index >= 15 is 0 Å². The van der Waals surface area contributed by atoms with Crippen LogP contribution in [0.3, 0.4) is 0 Å². The third-order valence-electron chi connectivity index (χ3n) is 5.66. The molecule has 0 aromatic heterocycles. The van der Waals surface area contributed by atoms with Gasteiger partial charge in [-0.3, -0.25) is 0 Å². The number of nitrogens with two attached hydrogens (primary N) is 1. The van der Waals surface area contributed by atoms with E-state index in [-0.39, 0.29) is 18.4 Å². The summed E-state index contributed by atoms with van der Waals surface area (Å²) in [7, 11) is 0. The van der Waals surface area contributed by atoms with Crippen molar-refractivity contribution in [3.8, 4) is 0 Å². The Morgan fingerprint density at radius 3 is 1.69 bits per heavy atom. The van der Waals surface area contributed by atoms with Crippen LogP contribution in [0.2, 0.25) is 0 Å². The molecule has 1 atom stereocenters. The SMILES string of the molecule is CCCCCCCCCCCCCCCC(N)c1cccc(C)c1C.Cl. The topological polar surface area (TPSA) is 26.0 Å². The Hall–Kier alpha value is -0.530. The number of rotatable bonds is 15. The minimum Gasteiger partial charge on any atom is -0.324 e. The van der Waals surface area contributed by atoms with Crippen molar-refractivity contribution in [1.29, 1.82) is 0 Å². The van der Waals surface area contributed by atoms with Crippen LogP contribution in [0.15, 0.2) is 18.2 Å². The summed E-state index contributed by atoms with van der Waals surface area (Å²) in [5.41, 5.74) is 10.5. The van der Waals surface area contributed by atoms with Gasteiger partial charge in [-0.15, -0.1) is 12.4 Å². The fraction of sp³-hybridized carbons (Fsp3) is 0.750. The monoisotopic (exact) mass is 381 g/mol. The molecule has 0 saturated carbocycles. The smallest absolute Gasteiger partial charge is 0.0297 e. The Morgan fingerprint density at radius 1 is 0.731 bits per heavy atom. The van der Waals surface area contributed by atoms with Crippen LogP contribution in [0.5, 0.6) is 0 Å². The maximum Gasteiger partial charge on any atom is 0.0297 e.